The second-order valence-corrected chi connectivity index (χ2v) is 15.0. The molecule has 0 aliphatic heterocycles. The number of carbonyl (C=O) groups excluding carboxylic acids is 3. The average molecular weight is 771 g/mol. The van der Waals surface area contributed by atoms with Crippen LogP contribution < -0.4 is 21.3 Å². The number of hydrogen-bond acceptors (Lipinski definition) is 11. The topological polar surface area (TPSA) is 249 Å². The summed E-state index contributed by atoms with van der Waals surface area (Å²) in [5, 5.41) is 33.3. The number of rotatable bonds is 8. The predicted octanol–water partition coefficient (Wildman–Crippen LogP) is 6.28. The highest BCUT2D eigenvalue weighted by Gasteiger charge is 2.19. The molecule has 6 rings (SSSR count). The number of phenols is 2. The Morgan fingerprint density at radius 3 is 1.24 bits per heavy atom. The van der Waals surface area contributed by atoms with Crippen molar-refractivity contribution in [1.29, 1.82) is 0 Å². The Bertz CT molecular complexity index is 2600. The zero-order valence-electron chi connectivity index (χ0n) is 28.2. The number of hydrogen-bond donors (Lipinski definition) is 8. The van der Waals surface area contributed by atoms with E-state index in [0.717, 1.165) is 12.1 Å². The van der Waals surface area contributed by atoms with Crippen molar-refractivity contribution in [3.8, 4) is 11.5 Å². The van der Waals surface area contributed by atoms with Crippen molar-refractivity contribution < 1.29 is 50.5 Å². The summed E-state index contributed by atoms with van der Waals surface area (Å²) in [6, 6.07) is 21.5. The first-order valence-corrected chi connectivity index (χ1v) is 18.7. The quantitative estimate of drug-likeness (QED) is 0.0628. The van der Waals surface area contributed by atoms with E-state index in [1.165, 1.54) is 60.7 Å². The van der Waals surface area contributed by atoms with E-state index >= 15 is 0 Å². The summed E-state index contributed by atoms with van der Waals surface area (Å²) in [7, 11) is -9.05. The summed E-state index contributed by atoms with van der Waals surface area (Å²) < 4.78 is 65.3. The van der Waals surface area contributed by atoms with Crippen LogP contribution in [0.15, 0.2) is 107 Å². The molecule has 15 nitrogen and oxygen atoms in total. The number of aromatic hydroxyl groups is 2. The van der Waals surface area contributed by atoms with Gasteiger partial charge in [0.15, 0.2) is 0 Å². The Morgan fingerprint density at radius 1 is 0.500 bits per heavy atom. The van der Waals surface area contributed by atoms with E-state index in [-0.39, 0.29) is 44.8 Å². The minimum absolute atomic E-state index is 0.0142. The van der Waals surface area contributed by atoms with E-state index in [0.29, 0.717) is 33.3 Å². The molecule has 17 heteroatoms. The highest BCUT2D eigenvalue weighted by Crippen LogP contribution is 2.38. The van der Waals surface area contributed by atoms with Gasteiger partial charge in [-0.3, -0.25) is 29.3 Å². The molecule has 276 valence electrons. The number of aryl methyl sites for hydroxylation is 2. The molecule has 0 unspecified atom stereocenters. The van der Waals surface area contributed by atoms with Crippen LogP contribution in [0, 0.1) is 13.8 Å². The number of anilines is 4. The summed E-state index contributed by atoms with van der Waals surface area (Å²) in [4.78, 5) is 38.0. The molecule has 0 fully saturated rings. The van der Waals surface area contributed by atoms with Crippen molar-refractivity contribution in [3.05, 3.63) is 119 Å². The Hall–Kier alpha value is -6.53. The second-order valence-electron chi connectivity index (χ2n) is 12.2. The van der Waals surface area contributed by atoms with Crippen LogP contribution in [-0.4, -0.2) is 54.0 Å². The highest BCUT2D eigenvalue weighted by molar-refractivity contribution is 7.86. The van der Waals surface area contributed by atoms with Crippen LogP contribution >= 0.6 is 0 Å². The van der Waals surface area contributed by atoms with Gasteiger partial charge in [0.25, 0.3) is 32.1 Å². The molecule has 0 spiro atoms. The molecule has 0 heterocycles. The second kappa shape index (κ2) is 14.1. The Balaban J connectivity index is 1.15. The molecule has 6 aromatic carbocycles. The lowest BCUT2D eigenvalue weighted by Crippen LogP contribution is -2.42. The molecule has 0 saturated carbocycles. The number of benzene rings is 6. The van der Waals surface area contributed by atoms with Crippen LogP contribution in [0.2, 0.25) is 0 Å². The van der Waals surface area contributed by atoms with E-state index in [1.807, 2.05) is 0 Å². The minimum atomic E-state index is -4.53. The predicted molar refractivity (Wildman–Crippen MR) is 200 cm³/mol. The van der Waals surface area contributed by atoms with E-state index in [4.69, 9.17) is 0 Å². The molecule has 0 atom stereocenters. The van der Waals surface area contributed by atoms with Crippen LogP contribution in [0.4, 0.5) is 27.5 Å². The molecule has 54 heavy (non-hydrogen) atoms. The summed E-state index contributed by atoms with van der Waals surface area (Å²) in [5.74, 6) is -2.36. The zero-order valence-corrected chi connectivity index (χ0v) is 29.8. The summed E-state index contributed by atoms with van der Waals surface area (Å²) >= 11 is 0. The zero-order chi connectivity index (χ0) is 39.1. The van der Waals surface area contributed by atoms with Gasteiger partial charge in [0.05, 0.1) is 21.2 Å². The Labute approximate surface area is 307 Å². The molecular formula is C37H30N4O11S2. The van der Waals surface area contributed by atoms with Crippen molar-refractivity contribution in [1.82, 2.24) is 10.6 Å². The van der Waals surface area contributed by atoms with Gasteiger partial charge in [0.2, 0.25) is 0 Å². The number of carbonyl (C=O) groups is 3. The number of fused-ring (bicyclic) bond motifs is 2. The van der Waals surface area contributed by atoms with E-state index in [9.17, 15) is 50.5 Å². The largest absolute Gasteiger partial charge is 0.505 e. The van der Waals surface area contributed by atoms with E-state index in [1.54, 1.807) is 38.1 Å². The van der Waals surface area contributed by atoms with Crippen LogP contribution in [0.1, 0.15) is 31.8 Å². The molecule has 4 amide bonds. The summed E-state index contributed by atoms with van der Waals surface area (Å²) in [5.41, 5.74) is 2.34. The maximum atomic E-state index is 13.0. The fourth-order valence-corrected chi connectivity index (χ4v) is 6.57. The molecule has 0 aliphatic carbocycles. The molecular weight excluding hydrogens is 741 g/mol. The molecule has 0 aliphatic rings. The fourth-order valence-electron chi connectivity index (χ4n) is 5.56. The third kappa shape index (κ3) is 7.79. The van der Waals surface area contributed by atoms with Gasteiger partial charge < -0.3 is 20.8 Å². The lowest BCUT2D eigenvalue weighted by Gasteiger charge is -2.15. The van der Waals surface area contributed by atoms with Crippen molar-refractivity contribution >= 4 is 82.4 Å². The fraction of sp³-hybridized carbons (Fsp3) is 0.0541. The van der Waals surface area contributed by atoms with Crippen molar-refractivity contribution in [2.24, 2.45) is 0 Å². The standard InChI is InChI=1S/C37H30N4O11S2/c1-19-3-5-23(15-31(19)38-29-13-9-21-7-11-25(53(47,48)49)17-27(21)33(29)42)35(44)40-37(46)41-36(45)24-6-4-20(2)32(16-24)39-30-14-10-22-8-12-26(54(50,51)52)18-28(22)34(30)43/h3-18,38-39,42-43H,1-2H3,(H,47,48,49)(H,50,51,52)(H2,40,41,44,45,46). The van der Waals surface area contributed by atoms with Crippen LogP contribution in [0.25, 0.3) is 21.5 Å². The van der Waals surface area contributed by atoms with Gasteiger partial charge in [-0.25, -0.2) is 4.79 Å². The maximum absolute atomic E-state index is 13.0. The van der Waals surface area contributed by atoms with Gasteiger partial charge in [0, 0.05) is 33.3 Å². The average Bonchev–Trinajstić information content (AvgIpc) is 3.11. The number of amides is 4. The van der Waals surface area contributed by atoms with Gasteiger partial charge in [-0.1, -0.05) is 36.4 Å². The van der Waals surface area contributed by atoms with Crippen molar-refractivity contribution in [3.63, 3.8) is 0 Å². The number of phenolic OH excluding ortho intramolecular Hbond substituents is 2. The van der Waals surface area contributed by atoms with E-state index < -0.39 is 47.9 Å². The Kier molecular flexibility index (Phi) is 9.74. The van der Waals surface area contributed by atoms with Gasteiger partial charge in [-0.2, -0.15) is 16.8 Å². The van der Waals surface area contributed by atoms with Gasteiger partial charge in [-0.05, 0) is 96.4 Å². The van der Waals surface area contributed by atoms with Crippen LogP contribution in [0.3, 0.4) is 0 Å². The monoisotopic (exact) mass is 770 g/mol. The Morgan fingerprint density at radius 2 is 0.870 bits per heavy atom. The van der Waals surface area contributed by atoms with Gasteiger partial charge in [-0.15, -0.1) is 0 Å². The minimum Gasteiger partial charge on any atom is -0.505 e. The molecule has 0 bridgehead atoms. The number of urea groups is 1. The summed E-state index contributed by atoms with van der Waals surface area (Å²) in [6.07, 6.45) is 0. The SMILES string of the molecule is Cc1ccc(C(=O)NC(=O)NC(=O)c2ccc(C)c(Nc3ccc4ccc(S(=O)(=O)O)cc4c3O)c2)cc1Nc1ccc2ccc(S(=O)(=O)O)cc2c1O. The lowest BCUT2D eigenvalue weighted by atomic mass is 10.1. The van der Waals surface area contributed by atoms with Gasteiger partial charge in [0.1, 0.15) is 11.5 Å². The van der Waals surface area contributed by atoms with Crippen LogP contribution in [0.5, 0.6) is 11.5 Å². The number of imide groups is 2. The molecule has 8 N–H and O–H groups in total. The lowest BCUT2D eigenvalue weighted by molar-refractivity contribution is 0.0944. The summed E-state index contributed by atoms with van der Waals surface area (Å²) in [6.45, 7) is 3.44. The third-order valence-electron chi connectivity index (χ3n) is 8.52. The molecule has 6 aromatic rings. The first-order chi connectivity index (χ1) is 25.4. The van der Waals surface area contributed by atoms with Crippen molar-refractivity contribution in [2.45, 2.75) is 23.6 Å². The number of nitrogens with one attached hydrogen (secondary N) is 4. The molecule has 0 radical (unpaired) electrons. The molecule has 0 aromatic heterocycles. The normalized spacial score (nSPS) is 11.6. The third-order valence-corrected chi connectivity index (χ3v) is 10.2. The van der Waals surface area contributed by atoms with Gasteiger partial charge >= 0.3 is 6.03 Å². The van der Waals surface area contributed by atoms with Crippen molar-refractivity contribution in [2.75, 3.05) is 10.6 Å². The first kappa shape index (κ1) is 37.2. The first-order valence-electron chi connectivity index (χ1n) is 15.8. The smallest absolute Gasteiger partial charge is 0.328 e. The molecule has 0 saturated heterocycles. The maximum Gasteiger partial charge on any atom is 0.328 e. The van der Waals surface area contributed by atoms with E-state index in [2.05, 4.69) is 21.3 Å². The highest BCUT2D eigenvalue weighted by atomic mass is 32.2. The van der Waals surface area contributed by atoms with Crippen LogP contribution in [-0.2, 0) is 20.2 Å².